The van der Waals surface area contributed by atoms with E-state index in [2.05, 4.69) is 32.7 Å². The number of nitrogens with zero attached hydrogens (tertiary/aromatic N) is 2. The van der Waals surface area contributed by atoms with Crippen LogP contribution in [0.5, 0.6) is 0 Å². The van der Waals surface area contributed by atoms with Crippen LogP contribution in [0.3, 0.4) is 0 Å². The van der Waals surface area contributed by atoms with Gasteiger partial charge in [-0.1, -0.05) is 48.0 Å². The van der Waals surface area contributed by atoms with Crippen LogP contribution in [0.4, 0.5) is 11.4 Å². The van der Waals surface area contributed by atoms with Crippen molar-refractivity contribution in [2.75, 3.05) is 24.7 Å². The lowest BCUT2D eigenvalue weighted by Gasteiger charge is -2.16. The van der Waals surface area contributed by atoms with Gasteiger partial charge in [0.15, 0.2) is 0 Å². The molecule has 2 N–H and O–H groups in total. The summed E-state index contributed by atoms with van der Waals surface area (Å²) in [5.74, 6) is -0.167. The largest absolute Gasteiger partial charge is 0.354 e. The number of aromatic nitrogens is 1. The van der Waals surface area contributed by atoms with E-state index in [1.165, 1.54) is 5.56 Å². The van der Waals surface area contributed by atoms with Gasteiger partial charge < -0.3 is 15.5 Å². The molecule has 2 heterocycles. The van der Waals surface area contributed by atoms with E-state index in [4.69, 9.17) is 11.6 Å². The zero-order valence-electron chi connectivity index (χ0n) is 18.4. The van der Waals surface area contributed by atoms with Gasteiger partial charge in [0.25, 0.3) is 5.91 Å². The Balaban J connectivity index is 1.64. The third kappa shape index (κ3) is 4.33. The van der Waals surface area contributed by atoms with E-state index in [0.29, 0.717) is 16.3 Å². The zero-order valence-corrected chi connectivity index (χ0v) is 19.1. The molecular formula is C27H23ClN4O. The molecule has 5 nitrogen and oxygen atoms in total. The Kier molecular flexibility index (Phi) is 5.58. The number of benzene rings is 3. The molecular weight excluding hydrogens is 432 g/mol. The molecule has 1 aromatic heterocycles. The molecule has 0 unspecified atom stereocenters. The average molecular weight is 455 g/mol. The highest BCUT2D eigenvalue weighted by molar-refractivity contribution is 6.38. The first kappa shape index (κ1) is 21.2. The fourth-order valence-corrected chi connectivity index (χ4v) is 4.27. The van der Waals surface area contributed by atoms with Gasteiger partial charge in [0.2, 0.25) is 0 Å². The molecule has 0 aliphatic carbocycles. The van der Waals surface area contributed by atoms with E-state index in [0.717, 1.165) is 40.0 Å². The Labute approximate surface area is 197 Å². The summed E-state index contributed by atoms with van der Waals surface area (Å²) >= 11 is 6.17. The number of halogens is 1. The number of carbonyl (C=O) groups is 1. The van der Waals surface area contributed by atoms with Crippen molar-refractivity contribution in [2.24, 2.45) is 0 Å². The van der Waals surface area contributed by atoms with Crippen LogP contribution in [0.2, 0.25) is 5.02 Å². The maximum absolute atomic E-state index is 13.1. The normalized spacial score (nSPS) is 14.4. The summed E-state index contributed by atoms with van der Waals surface area (Å²) < 4.78 is 0. The van der Waals surface area contributed by atoms with Crippen LogP contribution in [0.15, 0.2) is 79.0 Å². The van der Waals surface area contributed by atoms with Crippen LogP contribution in [0.1, 0.15) is 16.7 Å². The molecule has 6 heteroatoms. The molecule has 1 aliphatic heterocycles. The molecule has 0 bridgehead atoms. The Morgan fingerprint density at radius 3 is 2.64 bits per heavy atom. The van der Waals surface area contributed by atoms with Gasteiger partial charge >= 0.3 is 0 Å². The predicted octanol–water partition coefficient (Wildman–Crippen LogP) is 5.88. The van der Waals surface area contributed by atoms with E-state index < -0.39 is 0 Å². The molecule has 3 aromatic carbocycles. The monoisotopic (exact) mass is 454 g/mol. The van der Waals surface area contributed by atoms with E-state index >= 15 is 0 Å². The number of hydrogen-bond acceptors (Lipinski definition) is 4. The zero-order chi connectivity index (χ0) is 22.9. The first-order chi connectivity index (χ1) is 16.0. The number of fused-ring (bicyclic) bond motifs is 2. The minimum atomic E-state index is -0.167. The van der Waals surface area contributed by atoms with Gasteiger partial charge in [-0.3, -0.25) is 9.78 Å². The molecule has 5 rings (SSSR count). The number of pyridine rings is 1. The van der Waals surface area contributed by atoms with Gasteiger partial charge in [0.1, 0.15) is 0 Å². The van der Waals surface area contributed by atoms with E-state index in [9.17, 15) is 4.79 Å². The van der Waals surface area contributed by atoms with Crippen LogP contribution in [-0.4, -0.2) is 29.9 Å². The number of amides is 1. The quantitative estimate of drug-likeness (QED) is 0.369. The molecule has 0 fully saturated rings. The van der Waals surface area contributed by atoms with Gasteiger partial charge in [0, 0.05) is 40.0 Å². The van der Waals surface area contributed by atoms with Crippen molar-refractivity contribution in [3.05, 3.63) is 101 Å². The molecule has 164 valence electrons. The molecule has 0 saturated heterocycles. The Hall–Kier alpha value is -3.67. The number of anilines is 2. The van der Waals surface area contributed by atoms with Crippen molar-refractivity contribution in [1.29, 1.82) is 0 Å². The van der Waals surface area contributed by atoms with Crippen molar-refractivity contribution < 1.29 is 4.79 Å². The van der Waals surface area contributed by atoms with Gasteiger partial charge in [-0.2, -0.15) is 0 Å². The first-order valence-corrected chi connectivity index (χ1v) is 11.1. The number of rotatable bonds is 5. The maximum atomic E-state index is 13.1. The maximum Gasteiger partial charge on any atom is 0.258 e. The van der Waals surface area contributed by atoms with Gasteiger partial charge in [-0.05, 0) is 56.1 Å². The van der Waals surface area contributed by atoms with Crippen LogP contribution >= 0.6 is 11.6 Å². The molecule has 33 heavy (non-hydrogen) atoms. The summed E-state index contributed by atoms with van der Waals surface area (Å²) in [5, 5.41) is 8.09. The van der Waals surface area contributed by atoms with Crippen molar-refractivity contribution in [3.8, 4) is 0 Å². The van der Waals surface area contributed by atoms with Crippen molar-refractivity contribution in [1.82, 2.24) is 9.88 Å². The smallest absolute Gasteiger partial charge is 0.258 e. The number of nitrogens with one attached hydrogen (secondary N) is 2. The summed E-state index contributed by atoms with van der Waals surface area (Å²) in [6.07, 6.45) is 1.77. The van der Waals surface area contributed by atoms with E-state index in [-0.39, 0.29) is 5.91 Å². The Bertz CT molecular complexity index is 1390. The summed E-state index contributed by atoms with van der Waals surface area (Å²) in [6, 6.07) is 23.7. The molecule has 0 atom stereocenters. The second kappa shape index (κ2) is 8.70. The van der Waals surface area contributed by atoms with Crippen molar-refractivity contribution >= 4 is 51.1 Å². The second-order valence-electron chi connectivity index (χ2n) is 8.36. The number of hydrogen-bond donors (Lipinski definition) is 2. The van der Waals surface area contributed by atoms with Gasteiger partial charge in [-0.15, -0.1) is 0 Å². The fraction of sp³-hybridized carbons (Fsp3) is 0.111. The molecule has 0 spiro atoms. The van der Waals surface area contributed by atoms with Crippen molar-refractivity contribution in [3.63, 3.8) is 0 Å². The third-order valence-electron chi connectivity index (χ3n) is 5.59. The molecule has 1 amide bonds. The SMILES string of the molecule is CN(C)Cc1ccc(N/C(=C2\C(=O)Nc3cc(Cl)ccc32)c2ccc3cccnc3c2)cc1. The highest BCUT2D eigenvalue weighted by Gasteiger charge is 2.28. The summed E-state index contributed by atoms with van der Waals surface area (Å²) in [4.78, 5) is 19.7. The van der Waals surface area contributed by atoms with Gasteiger partial charge in [-0.25, -0.2) is 0 Å². The standard InChI is InChI=1S/C27H23ClN4O/c1-32(2)16-17-5-10-21(11-6-17)30-26(19-8-7-18-4-3-13-29-23(18)14-19)25-22-12-9-20(28)15-24(22)31-27(25)33/h3-15,30H,16H2,1-2H3,(H,31,33)/b26-25-. The topological polar surface area (TPSA) is 57.3 Å². The highest BCUT2D eigenvalue weighted by Crippen LogP contribution is 2.39. The van der Waals surface area contributed by atoms with Crippen LogP contribution in [0, 0.1) is 0 Å². The minimum Gasteiger partial charge on any atom is -0.354 e. The third-order valence-corrected chi connectivity index (χ3v) is 5.83. The molecule has 0 radical (unpaired) electrons. The minimum absolute atomic E-state index is 0.167. The summed E-state index contributed by atoms with van der Waals surface area (Å²) in [7, 11) is 4.09. The highest BCUT2D eigenvalue weighted by atomic mass is 35.5. The van der Waals surface area contributed by atoms with Crippen molar-refractivity contribution in [2.45, 2.75) is 6.54 Å². The molecule has 4 aromatic rings. The first-order valence-electron chi connectivity index (χ1n) is 10.7. The van der Waals surface area contributed by atoms with E-state index in [1.807, 2.05) is 62.6 Å². The number of carbonyl (C=O) groups excluding carboxylic acids is 1. The molecule has 0 saturated carbocycles. The van der Waals surface area contributed by atoms with Crippen LogP contribution < -0.4 is 10.6 Å². The fourth-order valence-electron chi connectivity index (χ4n) is 4.10. The lowest BCUT2D eigenvalue weighted by atomic mass is 9.99. The average Bonchev–Trinajstić information content (AvgIpc) is 3.12. The Morgan fingerprint density at radius 2 is 1.85 bits per heavy atom. The Morgan fingerprint density at radius 1 is 1.03 bits per heavy atom. The lowest BCUT2D eigenvalue weighted by Crippen LogP contribution is -2.11. The predicted molar refractivity (Wildman–Crippen MR) is 136 cm³/mol. The lowest BCUT2D eigenvalue weighted by molar-refractivity contribution is -0.110. The summed E-state index contributed by atoms with van der Waals surface area (Å²) in [6.45, 7) is 0.862. The van der Waals surface area contributed by atoms with Crippen LogP contribution in [0.25, 0.3) is 22.2 Å². The van der Waals surface area contributed by atoms with E-state index in [1.54, 1.807) is 18.3 Å². The van der Waals surface area contributed by atoms with Crippen LogP contribution in [-0.2, 0) is 11.3 Å². The van der Waals surface area contributed by atoms with Gasteiger partial charge in [0.05, 0.1) is 22.5 Å². The molecule has 1 aliphatic rings. The summed E-state index contributed by atoms with van der Waals surface area (Å²) in [5.41, 5.74) is 6.69. The second-order valence-corrected chi connectivity index (χ2v) is 8.80.